The third-order valence-electron chi connectivity index (χ3n) is 4.86. The Bertz CT molecular complexity index is 904. The van der Waals surface area contributed by atoms with Crippen molar-refractivity contribution in [3.05, 3.63) is 59.7 Å². The molecule has 0 heterocycles. The van der Waals surface area contributed by atoms with Gasteiger partial charge in [-0.25, -0.2) is 10.9 Å². The molecular weight excluding hydrogens is 404 g/mol. The average molecular weight is 437 g/mol. The first kappa shape index (κ1) is 24.6. The lowest BCUT2D eigenvalue weighted by Gasteiger charge is -2.05. The van der Waals surface area contributed by atoms with Crippen molar-refractivity contribution in [2.24, 2.45) is 10.2 Å². The molecule has 32 heavy (non-hydrogen) atoms. The van der Waals surface area contributed by atoms with Crippen LogP contribution >= 0.6 is 0 Å². The predicted molar refractivity (Wildman–Crippen MR) is 130 cm³/mol. The van der Waals surface area contributed by atoms with Crippen molar-refractivity contribution < 1.29 is 9.59 Å². The van der Waals surface area contributed by atoms with Gasteiger partial charge >= 0.3 is 0 Å². The lowest BCUT2D eigenvalue weighted by molar-refractivity contribution is -0.122. The highest BCUT2D eigenvalue weighted by molar-refractivity contribution is 6.00. The van der Waals surface area contributed by atoms with E-state index in [-0.39, 0.29) is 11.8 Å². The molecule has 0 atom stereocenters. The number of hydrazone groups is 2. The second kappa shape index (κ2) is 12.9. The van der Waals surface area contributed by atoms with Crippen molar-refractivity contribution in [3.8, 4) is 0 Å². The molecule has 2 aromatic rings. The summed E-state index contributed by atoms with van der Waals surface area (Å²) in [5.74, 6) is -0.255. The smallest absolute Gasteiger partial charge is 0.240 e. The summed E-state index contributed by atoms with van der Waals surface area (Å²) in [6, 6.07) is 14.7. The van der Waals surface area contributed by atoms with Crippen molar-refractivity contribution in [1.29, 1.82) is 0 Å². The highest BCUT2D eigenvalue weighted by atomic mass is 16.2. The van der Waals surface area contributed by atoms with Crippen LogP contribution in [0.5, 0.6) is 0 Å². The van der Waals surface area contributed by atoms with E-state index < -0.39 is 0 Å². The number of nitrogen functional groups attached to an aromatic ring is 2. The summed E-state index contributed by atoms with van der Waals surface area (Å²) in [7, 11) is 0. The van der Waals surface area contributed by atoms with Gasteiger partial charge in [0.2, 0.25) is 11.8 Å². The number of unbranched alkanes of at least 4 members (excludes halogenated alkanes) is 3. The normalized spacial score (nSPS) is 11.8. The summed E-state index contributed by atoms with van der Waals surface area (Å²) in [6.07, 6.45) is 4.00. The molecule has 6 N–H and O–H groups in total. The topological polar surface area (TPSA) is 135 Å². The minimum atomic E-state index is -0.127. The van der Waals surface area contributed by atoms with Gasteiger partial charge in [-0.05, 0) is 62.1 Å². The Hall–Kier alpha value is -3.68. The van der Waals surface area contributed by atoms with Gasteiger partial charge in [-0.2, -0.15) is 10.2 Å². The van der Waals surface area contributed by atoms with Gasteiger partial charge in [-0.1, -0.05) is 37.1 Å². The summed E-state index contributed by atoms with van der Waals surface area (Å²) < 4.78 is 0. The van der Waals surface area contributed by atoms with E-state index in [1.54, 1.807) is 12.1 Å². The summed E-state index contributed by atoms with van der Waals surface area (Å²) in [6.45, 7) is 3.64. The quantitative estimate of drug-likeness (QED) is 0.185. The molecular formula is C24H32N6O2. The molecule has 2 amide bonds. The Balaban J connectivity index is 1.58. The Kier molecular flexibility index (Phi) is 9.90. The number of carbonyl (C=O) groups is 2. The van der Waals surface area contributed by atoms with Crippen molar-refractivity contribution in [2.45, 2.75) is 52.4 Å². The highest BCUT2D eigenvalue weighted by Crippen LogP contribution is 2.09. The molecule has 0 saturated heterocycles. The van der Waals surface area contributed by atoms with Gasteiger partial charge in [0.25, 0.3) is 0 Å². The van der Waals surface area contributed by atoms with Gasteiger partial charge in [0.15, 0.2) is 0 Å². The molecule has 170 valence electrons. The Labute approximate surface area is 189 Å². The maximum atomic E-state index is 11.9. The zero-order chi connectivity index (χ0) is 23.3. The van der Waals surface area contributed by atoms with Crippen molar-refractivity contribution in [3.63, 3.8) is 0 Å². The average Bonchev–Trinajstić information content (AvgIpc) is 2.78. The van der Waals surface area contributed by atoms with Crippen LogP contribution in [0.2, 0.25) is 0 Å². The van der Waals surface area contributed by atoms with Crippen LogP contribution in [0.4, 0.5) is 11.4 Å². The standard InChI is InChI=1S/C24H32N6O2/c1-17(19-9-7-11-21(25)15-19)27-29-23(31)13-5-3-4-6-14-24(32)30-28-18(2)20-10-8-12-22(26)16-20/h7-12,15-16H,3-6,13-14,25-26H2,1-2H3,(H,29,31)(H,30,32)/b27-17+,28-18+. The van der Waals surface area contributed by atoms with Crippen LogP contribution in [0.15, 0.2) is 58.7 Å². The Morgan fingerprint density at radius 2 is 1.12 bits per heavy atom. The maximum Gasteiger partial charge on any atom is 0.240 e. The third-order valence-corrected chi connectivity index (χ3v) is 4.86. The number of anilines is 2. The molecule has 0 radical (unpaired) electrons. The first-order chi connectivity index (χ1) is 15.3. The van der Waals surface area contributed by atoms with Crippen LogP contribution in [0.25, 0.3) is 0 Å². The van der Waals surface area contributed by atoms with Gasteiger partial charge in [-0.15, -0.1) is 0 Å². The van der Waals surface area contributed by atoms with E-state index in [0.29, 0.717) is 35.6 Å². The molecule has 0 bridgehead atoms. The number of hydrogen-bond donors (Lipinski definition) is 4. The number of carbonyl (C=O) groups excluding carboxylic acids is 2. The first-order valence-electron chi connectivity index (χ1n) is 10.7. The molecule has 8 nitrogen and oxygen atoms in total. The fourth-order valence-electron chi connectivity index (χ4n) is 2.99. The second-order valence-electron chi connectivity index (χ2n) is 7.63. The van der Waals surface area contributed by atoms with Crippen LogP contribution in [-0.4, -0.2) is 23.2 Å². The van der Waals surface area contributed by atoms with Gasteiger partial charge in [0.05, 0.1) is 11.4 Å². The van der Waals surface area contributed by atoms with Gasteiger partial charge in [0.1, 0.15) is 0 Å². The molecule has 2 rings (SSSR count). The molecule has 0 aliphatic carbocycles. The molecule has 0 aliphatic heterocycles. The summed E-state index contributed by atoms with van der Waals surface area (Å²) in [5.41, 5.74) is 21.1. The number of benzene rings is 2. The second-order valence-corrected chi connectivity index (χ2v) is 7.63. The largest absolute Gasteiger partial charge is 0.399 e. The number of amides is 2. The molecule has 0 aromatic heterocycles. The van der Waals surface area contributed by atoms with E-state index in [4.69, 9.17) is 11.5 Å². The minimum Gasteiger partial charge on any atom is -0.399 e. The number of nitrogens with zero attached hydrogens (tertiary/aromatic N) is 2. The molecule has 2 aromatic carbocycles. The molecule has 0 spiro atoms. The molecule has 0 unspecified atom stereocenters. The summed E-state index contributed by atoms with van der Waals surface area (Å²) in [5, 5.41) is 8.25. The monoisotopic (exact) mass is 436 g/mol. The van der Waals surface area contributed by atoms with Crippen molar-refractivity contribution in [1.82, 2.24) is 10.9 Å². The third kappa shape index (κ3) is 8.99. The predicted octanol–water partition coefficient (Wildman–Crippen LogP) is 3.57. The zero-order valence-corrected chi connectivity index (χ0v) is 18.7. The van der Waals surface area contributed by atoms with Crippen LogP contribution < -0.4 is 22.3 Å². The van der Waals surface area contributed by atoms with Gasteiger partial charge in [-0.3, -0.25) is 9.59 Å². The van der Waals surface area contributed by atoms with E-state index in [2.05, 4.69) is 21.1 Å². The van der Waals surface area contributed by atoms with Crippen LogP contribution in [0.3, 0.4) is 0 Å². The molecule has 0 saturated carbocycles. The van der Waals surface area contributed by atoms with Gasteiger partial charge in [0, 0.05) is 24.2 Å². The van der Waals surface area contributed by atoms with Crippen molar-refractivity contribution in [2.75, 3.05) is 11.5 Å². The maximum absolute atomic E-state index is 11.9. The van der Waals surface area contributed by atoms with E-state index in [1.807, 2.05) is 50.2 Å². The number of nitrogens with two attached hydrogens (primary N) is 2. The minimum absolute atomic E-state index is 0.127. The van der Waals surface area contributed by atoms with Crippen molar-refractivity contribution >= 4 is 34.6 Å². The Morgan fingerprint density at radius 1 is 0.719 bits per heavy atom. The number of rotatable bonds is 11. The lowest BCUT2D eigenvalue weighted by Crippen LogP contribution is -2.19. The van der Waals surface area contributed by atoms with Gasteiger partial charge < -0.3 is 11.5 Å². The van der Waals surface area contributed by atoms with E-state index in [0.717, 1.165) is 36.8 Å². The van der Waals surface area contributed by atoms with E-state index in [9.17, 15) is 9.59 Å². The van der Waals surface area contributed by atoms with Crippen LogP contribution in [0.1, 0.15) is 63.5 Å². The Morgan fingerprint density at radius 3 is 1.50 bits per heavy atom. The fraction of sp³-hybridized carbons (Fsp3) is 0.333. The first-order valence-corrected chi connectivity index (χ1v) is 10.7. The van der Waals surface area contributed by atoms with E-state index >= 15 is 0 Å². The lowest BCUT2D eigenvalue weighted by atomic mass is 10.1. The number of nitrogens with one attached hydrogen (secondary N) is 2. The summed E-state index contributed by atoms with van der Waals surface area (Å²) in [4.78, 5) is 23.9. The van der Waals surface area contributed by atoms with Crippen LogP contribution in [-0.2, 0) is 9.59 Å². The molecule has 0 aliphatic rings. The SMILES string of the molecule is C/C(=N\NC(=O)CCCCCCC(=O)N/N=C(\C)c1cccc(N)c1)c1cccc(N)c1. The molecule has 0 fully saturated rings. The highest BCUT2D eigenvalue weighted by Gasteiger charge is 2.04. The summed E-state index contributed by atoms with van der Waals surface area (Å²) >= 11 is 0. The molecule has 8 heteroatoms. The van der Waals surface area contributed by atoms with E-state index in [1.165, 1.54) is 0 Å². The zero-order valence-electron chi connectivity index (χ0n) is 18.7. The fourth-order valence-corrected chi connectivity index (χ4v) is 2.99. The van der Waals surface area contributed by atoms with Crippen LogP contribution in [0, 0.1) is 0 Å². The number of hydrogen-bond acceptors (Lipinski definition) is 6.